The Labute approximate surface area is 150 Å². The van der Waals surface area contributed by atoms with E-state index in [9.17, 15) is 14.4 Å². The molecule has 1 amide bonds. The molecular formula is C19H18ClNO4. The molecular weight excluding hydrogens is 342 g/mol. The maximum Gasteiger partial charge on any atom is 0.306 e. The topological polar surface area (TPSA) is 72.5 Å². The van der Waals surface area contributed by atoms with Crippen molar-refractivity contribution in [3.63, 3.8) is 0 Å². The molecule has 0 heterocycles. The molecule has 0 saturated carbocycles. The third-order valence-electron chi connectivity index (χ3n) is 3.39. The SMILES string of the molecule is Cc1cccc(NC(=O)COC(=O)CCC(=O)c2ccc(Cl)cc2)c1. The van der Waals surface area contributed by atoms with E-state index in [1.807, 2.05) is 25.1 Å². The van der Waals surface area contributed by atoms with E-state index in [4.69, 9.17) is 16.3 Å². The number of Topliss-reactive ketones (excluding diaryl/α,β-unsaturated/α-hetero) is 1. The number of esters is 1. The van der Waals surface area contributed by atoms with Crippen LogP contribution in [0, 0.1) is 6.92 Å². The number of halogens is 1. The number of aryl methyl sites for hydroxylation is 1. The number of hydrogen-bond acceptors (Lipinski definition) is 4. The van der Waals surface area contributed by atoms with Gasteiger partial charge in [0.25, 0.3) is 5.91 Å². The Hall–Kier alpha value is -2.66. The summed E-state index contributed by atoms with van der Waals surface area (Å²) < 4.78 is 4.89. The number of ether oxygens (including phenoxy) is 1. The first-order chi connectivity index (χ1) is 11.9. The second-order valence-corrected chi connectivity index (χ2v) is 5.94. The number of ketones is 1. The summed E-state index contributed by atoms with van der Waals surface area (Å²) in [6.07, 6.45) is -0.0703. The molecule has 0 aliphatic heterocycles. The van der Waals surface area contributed by atoms with E-state index in [1.54, 1.807) is 30.3 Å². The number of nitrogens with one attached hydrogen (secondary N) is 1. The molecule has 0 unspecified atom stereocenters. The summed E-state index contributed by atoms with van der Waals surface area (Å²) in [5.41, 5.74) is 2.13. The fourth-order valence-electron chi connectivity index (χ4n) is 2.13. The van der Waals surface area contributed by atoms with Gasteiger partial charge in [-0.1, -0.05) is 23.7 Å². The van der Waals surface area contributed by atoms with E-state index in [0.717, 1.165) is 5.56 Å². The first-order valence-corrected chi connectivity index (χ1v) is 8.13. The molecule has 2 aromatic rings. The van der Waals surface area contributed by atoms with Gasteiger partial charge in [-0.3, -0.25) is 14.4 Å². The van der Waals surface area contributed by atoms with Gasteiger partial charge in [0.15, 0.2) is 12.4 Å². The van der Waals surface area contributed by atoms with Crippen molar-refractivity contribution in [2.45, 2.75) is 19.8 Å². The minimum atomic E-state index is -0.596. The predicted octanol–water partition coefficient (Wildman–Crippen LogP) is 3.79. The minimum Gasteiger partial charge on any atom is -0.456 e. The first-order valence-electron chi connectivity index (χ1n) is 7.75. The Bertz CT molecular complexity index is 771. The van der Waals surface area contributed by atoms with E-state index in [2.05, 4.69) is 5.32 Å². The Morgan fingerprint density at radius 3 is 2.44 bits per heavy atom. The molecule has 2 aromatic carbocycles. The van der Waals surface area contributed by atoms with Crippen molar-refractivity contribution in [1.29, 1.82) is 0 Å². The average Bonchev–Trinajstić information content (AvgIpc) is 2.58. The van der Waals surface area contributed by atoms with Crippen LogP contribution >= 0.6 is 11.6 Å². The van der Waals surface area contributed by atoms with Crippen LogP contribution < -0.4 is 5.32 Å². The Morgan fingerprint density at radius 2 is 1.76 bits per heavy atom. The Kier molecular flexibility index (Phi) is 6.71. The lowest BCUT2D eigenvalue weighted by atomic mass is 10.1. The fourth-order valence-corrected chi connectivity index (χ4v) is 2.26. The molecule has 0 radical (unpaired) electrons. The summed E-state index contributed by atoms with van der Waals surface area (Å²) >= 11 is 5.76. The molecule has 0 bridgehead atoms. The van der Waals surface area contributed by atoms with Gasteiger partial charge in [0.05, 0.1) is 6.42 Å². The van der Waals surface area contributed by atoms with E-state index in [0.29, 0.717) is 16.3 Å². The highest BCUT2D eigenvalue weighted by atomic mass is 35.5. The summed E-state index contributed by atoms with van der Waals surface area (Å²) in [5.74, 6) is -1.21. The van der Waals surface area contributed by atoms with Crippen LogP contribution in [0.3, 0.4) is 0 Å². The van der Waals surface area contributed by atoms with Crippen LogP contribution in [-0.4, -0.2) is 24.3 Å². The monoisotopic (exact) mass is 359 g/mol. The largest absolute Gasteiger partial charge is 0.456 e. The Morgan fingerprint density at radius 1 is 1.04 bits per heavy atom. The summed E-state index contributed by atoms with van der Waals surface area (Å²) in [7, 11) is 0. The maximum atomic E-state index is 11.9. The zero-order chi connectivity index (χ0) is 18.2. The summed E-state index contributed by atoms with van der Waals surface area (Å²) in [6.45, 7) is 1.52. The predicted molar refractivity (Wildman–Crippen MR) is 95.8 cm³/mol. The van der Waals surface area contributed by atoms with Gasteiger partial charge in [0, 0.05) is 22.7 Å². The summed E-state index contributed by atoms with van der Waals surface area (Å²) in [5, 5.41) is 3.18. The molecule has 2 rings (SSSR count). The average molecular weight is 360 g/mol. The summed E-state index contributed by atoms with van der Waals surface area (Å²) in [6, 6.07) is 13.7. The second-order valence-electron chi connectivity index (χ2n) is 5.51. The van der Waals surface area contributed by atoms with Crippen molar-refractivity contribution in [2.75, 3.05) is 11.9 Å². The number of hydrogen-bond donors (Lipinski definition) is 1. The van der Waals surface area contributed by atoms with Crippen LogP contribution in [-0.2, 0) is 14.3 Å². The van der Waals surface area contributed by atoms with Crippen LogP contribution in [0.15, 0.2) is 48.5 Å². The second kappa shape index (κ2) is 8.99. The van der Waals surface area contributed by atoms with Gasteiger partial charge in [0.2, 0.25) is 0 Å². The van der Waals surface area contributed by atoms with Gasteiger partial charge in [-0.15, -0.1) is 0 Å². The highest BCUT2D eigenvalue weighted by Crippen LogP contribution is 2.12. The highest BCUT2D eigenvalue weighted by molar-refractivity contribution is 6.30. The third kappa shape index (κ3) is 6.39. The number of rotatable bonds is 7. The minimum absolute atomic E-state index is 0.0139. The molecule has 6 heteroatoms. The quantitative estimate of drug-likeness (QED) is 0.603. The molecule has 0 aromatic heterocycles. The van der Waals surface area contributed by atoms with Crippen molar-refractivity contribution >= 4 is 34.9 Å². The standard InChI is InChI=1S/C19H18ClNO4/c1-13-3-2-4-16(11-13)21-18(23)12-25-19(24)10-9-17(22)14-5-7-15(20)8-6-14/h2-8,11H,9-10,12H2,1H3,(H,21,23). The number of carbonyl (C=O) groups excluding carboxylic acids is 3. The van der Waals surface area contributed by atoms with E-state index in [1.165, 1.54) is 0 Å². The van der Waals surface area contributed by atoms with Crippen molar-refractivity contribution in [3.05, 3.63) is 64.7 Å². The molecule has 0 aliphatic rings. The smallest absolute Gasteiger partial charge is 0.306 e. The lowest BCUT2D eigenvalue weighted by Gasteiger charge is -2.07. The van der Waals surface area contributed by atoms with Crippen molar-refractivity contribution < 1.29 is 19.1 Å². The molecule has 0 aliphatic carbocycles. The Balaban J connectivity index is 1.72. The van der Waals surface area contributed by atoms with Gasteiger partial charge in [0.1, 0.15) is 0 Å². The maximum absolute atomic E-state index is 11.9. The van der Waals surface area contributed by atoms with Crippen LogP contribution in [0.2, 0.25) is 5.02 Å². The van der Waals surface area contributed by atoms with Gasteiger partial charge < -0.3 is 10.1 Å². The van der Waals surface area contributed by atoms with Gasteiger partial charge >= 0.3 is 5.97 Å². The van der Waals surface area contributed by atoms with E-state index < -0.39 is 11.9 Å². The van der Waals surface area contributed by atoms with E-state index in [-0.39, 0.29) is 25.2 Å². The molecule has 0 atom stereocenters. The van der Waals surface area contributed by atoms with Crippen LogP contribution in [0.25, 0.3) is 0 Å². The molecule has 1 N–H and O–H groups in total. The van der Waals surface area contributed by atoms with Gasteiger partial charge in [-0.05, 0) is 48.9 Å². The number of carbonyl (C=O) groups is 3. The number of amides is 1. The molecule has 0 saturated heterocycles. The van der Waals surface area contributed by atoms with E-state index >= 15 is 0 Å². The normalized spacial score (nSPS) is 10.2. The number of anilines is 1. The molecule has 0 spiro atoms. The van der Waals surface area contributed by atoms with Crippen LogP contribution in [0.5, 0.6) is 0 Å². The lowest BCUT2D eigenvalue weighted by Crippen LogP contribution is -2.21. The first kappa shape index (κ1) is 18.7. The van der Waals surface area contributed by atoms with Crippen molar-refractivity contribution in [3.8, 4) is 0 Å². The number of benzene rings is 2. The molecule has 130 valence electrons. The lowest BCUT2D eigenvalue weighted by molar-refractivity contribution is -0.147. The van der Waals surface area contributed by atoms with Crippen molar-refractivity contribution in [1.82, 2.24) is 0 Å². The third-order valence-corrected chi connectivity index (χ3v) is 3.64. The summed E-state index contributed by atoms with van der Waals surface area (Å²) in [4.78, 5) is 35.4. The van der Waals surface area contributed by atoms with Crippen LogP contribution in [0.1, 0.15) is 28.8 Å². The van der Waals surface area contributed by atoms with Crippen LogP contribution in [0.4, 0.5) is 5.69 Å². The highest BCUT2D eigenvalue weighted by Gasteiger charge is 2.12. The molecule has 0 fully saturated rings. The fraction of sp³-hybridized carbons (Fsp3) is 0.211. The zero-order valence-corrected chi connectivity index (χ0v) is 14.5. The zero-order valence-electron chi connectivity index (χ0n) is 13.8. The van der Waals surface area contributed by atoms with Crippen molar-refractivity contribution in [2.24, 2.45) is 0 Å². The van der Waals surface area contributed by atoms with Gasteiger partial charge in [-0.2, -0.15) is 0 Å². The van der Waals surface area contributed by atoms with Gasteiger partial charge in [-0.25, -0.2) is 0 Å². The molecule has 25 heavy (non-hydrogen) atoms. The molecule has 5 nitrogen and oxygen atoms in total.